The lowest BCUT2D eigenvalue weighted by atomic mass is 9.95. The predicted molar refractivity (Wildman–Crippen MR) is 136 cm³/mol. The molecule has 0 spiro atoms. The highest BCUT2D eigenvalue weighted by atomic mass is 35.5. The highest BCUT2D eigenvalue weighted by Gasteiger charge is 2.37. The largest absolute Gasteiger partial charge is 0.481 e. The molecule has 4 heterocycles. The van der Waals surface area contributed by atoms with Crippen molar-refractivity contribution < 1.29 is 9.90 Å². The summed E-state index contributed by atoms with van der Waals surface area (Å²) < 4.78 is 1.97. The summed E-state index contributed by atoms with van der Waals surface area (Å²) in [5.41, 5.74) is 5.27. The van der Waals surface area contributed by atoms with Gasteiger partial charge in [0, 0.05) is 21.6 Å². The van der Waals surface area contributed by atoms with Crippen LogP contribution in [0.4, 0.5) is 0 Å². The minimum Gasteiger partial charge on any atom is -0.481 e. The van der Waals surface area contributed by atoms with Gasteiger partial charge in [-0.25, -0.2) is 4.98 Å². The van der Waals surface area contributed by atoms with Crippen LogP contribution in [-0.2, 0) is 4.79 Å². The first-order valence-electron chi connectivity index (χ1n) is 11.2. The number of hydrogen-bond donors (Lipinski definition) is 1. The standard InChI is InChI=1S/C25H23ClN6O2S/c1-5-17(25(33)34)22-23-31-30-14(4)32(23)24-20(12(2)13(3)35-24)21(29-22)16-8-6-15(7-9-16)18-10-27-11-19(26)28-18/h6-11,17,22H,5H2,1-4H3,(H,33,34)/t17-,22?/m0/s1. The zero-order valence-electron chi connectivity index (χ0n) is 19.7. The third-order valence-electron chi connectivity index (χ3n) is 6.39. The number of fused-ring (bicyclic) bond motifs is 3. The van der Waals surface area contributed by atoms with Gasteiger partial charge in [-0.1, -0.05) is 42.8 Å². The number of halogens is 1. The van der Waals surface area contributed by atoms with Crippen molar-refractivity contribution in [1.29, 1.82) is 0 Å². The molecule has 1 unspecified atom stereocenters. The third kappa shape index (κ3) is 3.94. The summed E-state index contributed by atoms with van der Waals surface area (Å²) in [7, 11) is 0. The van der Waals surface area contributed by atoms with Gasteiger partial charge in [0.15, 0.2) is 5.82 Å². The Morgan fingerprint density at radius 1 is 1.14 bits per heavy atom. The van der Waals surface area contributed by atoms with Crippen molar-refractivity contribution >= 4 is 34.6 Å². The highest BCUT2D eigenvalue weighted by Crippen LogP contribution is 2.41. The van der Waals surface area contributed by atoms with E-state index in [9.17, 15) is 9.90 Å². The lowest BCUT2D eigenvalue weighted by Crippen LogP contribution is -2.23. The molecule has 5 rings (SSSR count). The summed E-state index contributed by atoms with van der Waals surface area (Å²) in [6.45, 7) is 7.90. The minimum absolute atomic E-state index is 0.328. The Balaban J connectivity index is 1.72. The molecular formula is C25H23ClN6O2S. The molecule has 0 saturated heterocycles. The fraction of sp³-hybridized carbons (Fsp3) is 0.280. The molecule has 35 heavy (non-hydrogen) atoms. The van der Waals surface area contributed by atoms with Crippen molar-refractivity contribution in [2.24, 2.45) is 10.9 Å². The van der Waals surface area contributed by atoms with Gasteiger partial charge in [-0.2, -0.15) is 0 Å². The van der Waals surface area contributed by atoms with Gasteiger partial charge in [0.05, 0.1) is 29.7 Å². The molecular weight excluding hydrogens is 484 g/mol. The maximum Gasteiger partial charge on any atom is 0.309 e. The Bertz CT molecular complexity index is 1470. The van der Waals surface area contributed by atoms with Gasteiger partial charge < -0.3 is 5.11 Å². The zero-order chi connectivity index (χ0) is 24.9. The third-order valence-corrected chi connectivity index (χ3v) is 7.76. The Morgan fingerprint density at radius 3 is 2.51 bits per heavy atom. The van der Waals surface area contributed by atoms with E-state index in [1.165, 1.54) is 6.20 Å². The number of rotatable bonds is 5. The van der Waals surface area contributed by atoms with Crippen molar-refractivity contribution in [1.82, 2.24) is 24.7 Å². The summed E-state index contributed by atoms with van der Waals surface area (Å²) in [6.07, 6.45) is 3.58. The van der Waals surface area contributed by atoms with Crippen molar-refractivity contribution in [3.05, 3.63) is 75.0 Å². The molecule has 2 atom stereocenters. The number of aliphatic imine (C=N–C) groups is 1. The van der Waals surface area contributed by atoms with Crippen molar-refractivity contribution in [2.45, 2.75) is 40.2 Å². The maximum absolute atomic E-state index is 12.2. The molecule has 0 saturated carbocycles. The first kappa shape index (κ1) is 23.3. The Hall–Kier alpha value is -3.43. The van der Waals surface area contributed by atoms with Gasteiger partial charge in [0.1, 0.15) is 22.0 Å². The van der Waals surface area contributed by atoms with E-state index < -0.39 is 17.9 Å². The molecule has 0 bridgehead atoms. The average Bonchev–Trinajstić information content (AvgIpc) is 3.31. The van der Waals surface area contributed by atoms with Crippen LogP contribution in [0, 0.1) is 26.7 Å². The van der Waals surface area contributed by atoms with Crippen molar-refractivity contribution in [3.63, 3.8) is 0 Å². The number of carbonyl (C=O) groups is 1. The van der Waals surface area contributed by atoms with E-state index in [1.54, 1.807) is 17.5 Å². The maximum atomic E-state index is 12.2. The Kier molecular flexibility index (Phi) is 5.98. The van der Waals surface area contributed by atoms with Crippen LogP contribution in [0.2, 0.25) is 5.15 Å². The van der Waals surface area contributed by atoms with Crippen molar-refractivity contribution in [3.8, 4) is 16.3 Å². The fourth-order valence-corrected chi connectivity index (χ4v) is 5.79. The first-order valence-corrected chi connectivity index (χ1v) is 12.4. The van der Waals surface area contributed by atoms with Gasteiger partial charge in [-0.3, -0.25) is 19.3 Å². The van der Waals surface area contributed by atoms with E-state index in [0.29, 0.717) is 28.9 Å². The van der Waals surface area contributed by atoms with Crippen LogP contribution in [0.25, 0.3) is 16.3 Å². The topological polar surface area (TPSA) is 106 Å². The van der Waals surface area contributed by atoms with Crippen LogP contribution in [-0.4, -0.2) is 41.5 Å². The molecule has 0 amide bonds. The molecule has 1 aromatic carbocycles. The summed E-state index contributed by atoms with van der Waals surface area (Å²) in [5.74, 6) is -0.372. The zero-order valence-corrected chi connectivity index (χ0v) is 21.2. The number of carboxylic acids is 1. The van der Waals surface area contributed by atoms with E-state index in [2.05, 4.69) is 34.0 Å². The van der Waals surface area contributed by atoms with Gasteiger partial charge in [0.25, 0.3) is 0 Å². The summed E-state index contributed by atoms with van der Waals surface area (Å²) >= 11 is 7.66. The normalized spacial score (nSPS) is 15.7. The van der Waals surface area contributed by atoms with E-state index in [0.717, 1.165) is 37.8 Å². The number of benzene rings is 1. The molecule has 0 fully saturated rings. The Labute approximate surface area is 211 Å². The SMILES string of the molecule is CC[C@H](C(=O)O)C1N=C(c2ccc(-c3cncc(Cl)n3)cc2)c2c(sc(C)c2C)-n2c(C)nnc21. The molecule has 4 aromatic rings. The van der Waals surface area contributed by atoms with E-state index in [4.69, 9.17) is 16.6 Å². The van der Waals surface area contributed by atoms with Gasteiger partial charge in [-0.05, 0) is 32.8 Å². The van der Waals surface area contributed by atoms with E-state index in [1.807, 2.05) is 42.7 Å². The average molecular weight is 507 g/mol. The number of carboxylic acid groups (broad SMARTS) is 1. The monoisotopic (exact) mass is 506 g/mol. The second-order valence-electron chi connectivity index (χ2n) is 8.48. The molecule has 8 nitrogen and oxygen atoms in total. The van der Waals surface area contributed by atoms with Crippen LogP contribution in [0.5, 0.6) is 0 Å². The molecule has 10 heteroatoms. The van der Waals surface area contributed by atoms with Crippen LogP contribution in [0.15, 0.2) is 41.7 Å². The summed E-state index contributed by atoms with van der Waals surface area (Å²) in [5, 5.41) is 20.0. The van der Waals surface area contributed by atoms with Gasteiger partial charge in [0.2, 0.25) is 0 Å². The second kappa shape index (κ2) is 8.98. The predicted octanol–water partition coefficient (Wildman–Crippen LogP) is 5.37. The summed E-state index contributed by atoms with van der Waals surface area (Å²) in [4.78, 5) is 26.9. The number of aliphatic carboxylic acids is 1. The van der Waals surface area contributed by atoms with E-state index >= 15 is 0 Å². The number of aromatic nitrogens is 5. The molecule has 3 aromatic heterocycles. The molecule has 1 N–H and O–H groups in total. The van der Waals surface area contributed by atoms with E-state index in [-0.39, 0.29) is 0 Å². The Morgan fingerprint density at radius 2 is 1.86 bits per heavy atom. The van der Waals surface area contributed by atoms with Gasteiger partial charge >= 0.3 is 5.97 Å². The lowest BCUT2D eigenvalue weighted by molar-refractivity contribution is -0.142. The van der Waals surface area contributed by atoms with Crippen LogP contribution in [0.1, 0.15) is 52.6 Å². The number of thiophene rings is 1. The number of nitrogens with zero attached hydrogens (tertiary/aromatic N) is 6. The van der Waals surface area contributed by atoms with Crippen LogP contribution < -0.4 is 0 Å². The summed E-state index contributed by atoms with van der Waals surface area (Å²) in [6, 6.07) is 7.18. The van der Waals surface area contributed by atoms with Crippen LogP contribution >= 0.6 is 22.9 Å². The lowest BCUT2D eigenvalue weighted by Gasteiger charge is -2.18. The molecule has 0 aliphatic carbocycles. The molecule has 1 aliphatic rings. The fourth-order valence-electron chi connectivity index (χ4n) is 4.43. The second-order valence-corrected chi connectivity index (χ2v) is 10.1. The first-order chi connectivity index (χ1) is 16.8. The van der Waals surface area contributed by atoms with Crippen molar-refractivity contribution in [2.75, 3.05) is 0 Å². The van der Waals surface area contributed by atoms with Gasteiger partial charge in [-0.15, -0.1) is 21.5 Å². The number of hydrogen-bond acceptors (Lipinski definition) is 7. The molecule has 0 radical (unpaired) electrons. The smallest absolute Gasteiger partial charge is 0.309 e. The highest BCUT2D eigenvalue weighted by molar-refractivity contribution is 7.15. The quantitative estimate of drug-likeness (QED) is 0.390. The molecule has 178 valence electrons. The molecule has 1 aliphatic heterocycles. The number of aryl methyl sites for hydroxylation is 2. The minimum atomic E-state index is -0.902. The van der Waals surface area contributed by atoms with Crippen LogP contribution in [0.3, 0.4) is 0 Å².